The Balaban J connectivity index is 2.25. The van der Waals surface area contributed by atoms with Crippen LogP contribution in [0.2, 0.25) is 0 Å². The van der Waals surface area contributed by atoms with Crippen molar-refractivity contribution in [2.75, 3.05) is 13.2 Å². The van der Waals surface area contributed by atoms with Crippen LogP contribution in [0.25, 0.3) is 0 Å². The zero-order chi connectivity index (χ0) is 19.3. The molecule has 0 bridgehead atoms. The lowest BCUT2D eigenvalue weighted by Gasteiger charge is -2.31. The number of hydrogen-bond donors (Lipinski definition) is 1. The molecule has 4 atom stereocenters. The number of nitrogens with two attached hydrogens (primary N) is 1. The van der Waals surface area contributed by atoms with Crippen LogP contribution < -0.4 is 5.73 Å². The molecule has 0 aromatic heterocycles. The molecule has 26 heavy (non-hydrogen) atoms. The highest BCUT2D eigenvalue weighted by atomic mass is 19.1. The third-order valence-corrected chi connectivity index (χ3v) is 4.30. The molecule has 1 fully saturated rings. The number of halogens is 1. The average molecular weight is 367 g/mol. The van der Waals surface area contributed by atoms with Crippen LogP contribution in [0.15, 0.2) is 24.3 Å². The molecule has 7 heteroatoms. The molecule has 0 radical (unpaired) electrons. The van der Waals surface area contributed by atoms with Gasteiger partial charge in [-0.2, -0.15) is 0 Å². The van der Waals surface area contributed by atoms with Gasteiger partial charge < -0.3 is 19.9 Å². The van der Waals surface area contributed by atoms with Crippen LogP contribution in [0.1, 0.15) is 26.3 Å². The summed E-state index contributed by atoms with van der Waals surface area (Å²) in [5.41, 5.74) is 6.61. The Kier molecular flexibility index (Phi) is 7.11. The Hall–Kier alpha value is -1.99. The normalized spacial score (nSPS) is 27.2. The third-order valence-electron chi connectivity index (χ3n) is 4.30. The van der Waals surface area contributed by atoms with Crippen LogP contribution in [-0.2, 0) is 30.2 Å². The fourth-order valence-electron chi connectivity index (χ4n) is 2.79. The van der Waals surface area contributed by atoms with E-state index in [1.165, 1.54) is 12.1 Å². The number of rotatable bonds is 4. The maximum absolute atomic E-state index is 13.2. The van der Waals surface area contributed by atoms with E-state index in [1.54, 1.807) is 32.9 Å². The van der Waals surface area contributed by atoms with Crippen LogP contribution in [-0.4, -0.2) is 43.4 Å². The first-order valence-electron chi connectivity index (χ1n) is 8.76. The second-order valence-electron chi connectivity index (χ2n) is 6.93. The second-order valence-corrected chi connectivity index (χ2v) is 6.93. The van der Waals surface area contributed by atoms with E-state index >= 15 is 0 Å². The van der Waals surface area contributed by atoms with Gasteiger partial charge in [-0.3, -0.25) is 9.59 Å². The lowest BCUT2D eigenvalue weighted by atomic mass is 9.91. The van der Waals surface area contributed by atoms with Crippen molar-refractivity contribution >= 4 is 11.9 Å². The van der Waals surface area contributed by atoms with Gasteiger partial charge >= 0.3 is 11.9 Å². The third kappa shape index (κ3) is 5.51. The van der Waals surface area contributed by atoms with E-state index in [0.29, 0.717) is 6.42 Å². The van der Waals surface area contributed by atoms with E-state index in [9.17, 15) is 14.0 Å². The number of hydrogen-bond acceptors (Lipinski definition) is 6. The number of carbonyl (C=O) groups excluding carboxylic acids is 2. The molecule has 0 aliphatic carbocycles. The van der Waals surface area contributed by atoms with Gasteiger partial charge in [0, 0.05) is 5.92 Å². The quantitative estimate of drug-likeness (QED) is 0.817. The average Bonchev–Trinajstić information content (AvgIpc) is 2.63. The molecule has 0 saturated carbocycles. The van der Waals surface area contributed by atoms with Gasteiger partial charge in [-0.25, -0.2) is 4.39 Å². The van der Waals surface area contributed by atoms with Crippen LogP contribution in [0.5, 0.6) is 0 Å². The van der Waals surface area contributed by atoms with Gasteiger partial charge in [0.05, 0.1) is 19.1 Å². The zero-order valence-corrected chi connectivity index (χ0v) is 15.3. The number of ether oxygens (including phenoxy) is 3. The number of benzene rings is 1. The van der Waals surface area contributed by atoms with Gasteiger partial charge in [-0.1, -0.05) is 26.0 Å². The monoisotopic (exact) mass is 367 g/mol. The fourth-order valence-corrected chi connectivity index (χ4v) is 2.79. The fraction of sp³-hybridized carbons (Fsp3) is 0.579. The molecule has 2 rings (SSSR count). The summed E-state index contributed by atoms with van der Waals surface area (Å²) < 4.78 is 29.8. The van der Waals surface area contributed by atoms with Gasteiger partial charge in [-0.15, -0.1) is 0 Å². The highest BCUT2D eigenvalue weighted by Gasteiger charge is 2.36. The zero-order valence-electron chi connectivity index (χ0n) is 15.3. The Bertz CT molecular complexity index is 619. The maximum atomic E-state index is 13.2. The number of esters is 2. The van der Waals surface area contributed by atoms with E-state index in [1.807, 2.05) is 0 Å². The molecule has 2 N–H and O–H groups in total. The molecule has 144 valence electrons. The van der Waals surface area contributed by atoms with Gasteiger partial charge in [0.25, 0.3) is 0 Å². The Morgan fingerprint density at radius 1 is 1.31 bits per heavy atom. The molecule has 0 unspecified atom stereocenters. The molecule has 0 spiro atoms. The van der Waals surface area contributed by atoms with Crippen molar-refractivity contribution in [3.8, 4) is 0 Å². The second kappa shape index (κ2) is 9.09. The number of carbonyl (C=O) groups is 2. The predicted octanol–water partition coefficient (Wildman–Crippen LogP) is 1.84. The summed E-state index contributed by atoms with van der Waals surface area (Å²) in [6.45, 7) is 5.40. The van der Waals surface area contributed by atoms with Gasteiger partial charge in [0.2, 0.25) is 0 Å². The largest absolute Gasteiger partial charge is 0.458 e. The van der Waals surface area contributed by atoms with Gasteiger partial charge in [0.15, 0.2) is 0 Å². The van der Waals surface area contributed by atoms with E-state index in [2.05, 4.69) is 0 Å². The molecule has 0 amide bonds. The summed E-state index contributed by atoms with van der Waals surface area (Å²) in [4.78, 5) is 24.1. The summed E-state index contributed by atoms with van der Waals surface area (Å²) in [5.74, 6) is -1.89. The molecular formula is C19H26FNO5. The topological polar surface area (TPSA) is 87.9 Å². The van der Waals surface area contributed by atoms with E-state index < -0.39 is 24.2 Å². The van der Waals surface area contributed by atoms with Crippen molar-refractivity contribution in [1.29, 1.82) is 0 Å². The first-order valence-corrected chi connectivity index (χ1v) is 8.76. The lowest BCUT2D eigenvalue weighted by Crippen LogP contribution is -2.43. The minimum atomic E-state index is -0.886. The smallest absolute Gasteiger partial charge is 0.325 e. The highest BCUT2D eigenvalue weighted by molar-refractivity contribution is 5.76. The molecule has 1 aliphatic rings. The highest BCUT2D eigenvalue weighted by Crippen LogP contribution is 2.23. The SMILES string of the molecule is CC(C)C(=O)O[C@@H]1[C@@H](Cc2ccc(F)cc2)COC[C@H](N)C(=O)O[C@H]1C. The molecule has 1 aromatic rings. The molecule has 1 aliphatic heterocycles. The summed E-state index contributed by atoms with van der Waals surface area (Å²) in [7, 11) is 0. The van der Waals surface area contributed by atoms with Crippen molar-refractivity contribution in [2.24, 2.45) is 17.6 Å². The molecule has 1 heterocycles. The number of cyclic esters (lactones) is 1. The van der Waals surface area contributed by atoms with Crippen molar-refractivity contribution in [3.05, 3.63) is 35.6 Å². The van der Waals surface area contributed by atoms with Crippen LogP contribution in [0.4, 0.5) is 4.39 Å². The van der Waals surface area contributed by atoms with Crippen LogP contribution >= 0.6 is 0 Å². The van der Waals surface area contributed by atoms with Crippen molar-refractivity contribution in [3.63, 3.8) is 0 Å². The summed E-state index contributed by atoms with van der Waals surface area (Å²) in [5, 5.41) is 0. The van der Waals surface area contributed by atoms with E-state index in [0.717, 1.165) is 5.56 Å². The molecule has 1 saturated heterocycles. The van der Waals surface area contributed by atoms with Gasteiger partial charge in [0.1, 0.15) is 24.1 Å². The van der Waals surface area contributed by atoms with Crippen LogP contribution in [0.3, 0.4) is 0 Å². The predicted molar refractivity (Wildman–Crippen MR) is 92.7 cm³/mol. The van der Waals surface area contributed by atoms with E-state index in [4.69, 9.17) is 19.9 Å². The van der Waals surface area contributed by atoms with Crippen LogP contribution in [0, 0.1) is 17.7 Å². The summed E-state index contributed by atoms with van der Waals surface area (Å²) >= 11 is 0. The summed E-state index contributed by atoms with van der Waals surface area (Å²) in [6.07, 6.45) is -0.888. The standard InChI is InChI=1S/C19H26FNO5/c1-11(2)18(22)26-17-12(3)25-19(23)16(21)10-24-9-14(17)8-13-4-6-15(20)7-5-13/h4-7,11-12,14,16-17H,8-10,21H2,1-3H3/t12-,14-,16-,17-/m0/s1. The first kappa shape index (κ1) is 20.3. The Morgan fingerprint density at radius 2 is 1.96 bits per heavy atom. The van der Waals surface area contributed by atoms with E-state index in [-0.39, 0.29) is 36.8 Å². The maximum Gasteiger partial charge on any atom is 0.325 e. The molecule has 1 aromatic carbocycles. The van der Waals surface area contributed by atoms with Crippen molar-refractivity contribution in [1.82, 2.24) is 0 Å². The lowest BCUT2D eigenvalue weighted by molar-refractivity contribution is -0.173. The first-order chi connectivity index (χ1) is 12.3. The minimum Gasteiger partial charge on any atom is -0.458 e. The molecule has 6 nitrogen and oxygen atoms in total. The van der Waals surface area contributed by atoms with Crippen molar-refractivity contribution in [2.45, 2.75) is 45.4 Å². The molecular weight excluding hydrogens is 341 g/mol. The summed E-state index contributed by atoms with van der Waals surface area (Å²) in [6, 6.07) is 5.21. The minimum absolute atomic E-state index is 0.0241. The Labute approximate surface area is 152 Å². The Morgan fingerprint density at radius 3 is 2.58 bits per heavy atom. The van der Waals surface area contributed by atoms with Crippen molar-refractivity contribution < 1.29 is 28.2 Å². The van der Waals surface area contributed by atoms with Gasteiger partial charge in [-0.05, 0) is 31.0 Å².